The molecule has 6 heteroatoms. The Bertz CT molecular complexity index is 788. The third-order valence-corrected chi connectivity index (χ3v) is 5.39. The highest BCUT2D eigenvalue weighted by Crippen LogP contribution is 2.26. The second-order valence-electron chi connectivity index (χ2n) is 6.26. The molecule has 1 saturated heterocycles. The molecular weight excluding hydrogens is 371 g/mol. The van der Waals surface area contributed by atoms with Gasteiger partial charge in [-0.1, -0.05) is 59.6 Å². The van der Waals surface area contributed by atoms with Crippen LogP contribution in [0.2, 0.25) is 10.0 Å². The summed E-state index contributed by atoms with van der Waals surface area (Å²) in [6.45, 7) is 2.08. The van der Waals surface area contributed by atoms with Crippen LogP contribution in [0.1, 0.15) is 22.3 Å². The number of hydrogen-bond donors (Lipinski definition) is 0. The van der Waals surface area contributed by atoms with Crippen molar-refractivity contribution in [1.29, 1.82) is 0 Å². The zero-order valence-corrected chi connectivity index (χ0v) is 15.8. The van der Waals surface area contributed by atoms with E-state index in [9.17, 15) is 9.59 Å². The van der Waals surface area contributed by atoms with E-state index in [0.717, 1.165) is 12.0 Å². The van der Waals surface area contributed by atoms with Gasteiger partial charge >= 0.3 is 0 Å². The third-order valence-electron chi connectivity index (χ3n) is 4.57. The van der Waals surface area contributed by atoms with Crippen molar-refractivity contribution in [2.45, 2.75) is 12.8 Å². The van der Waals surface area contributed by atoms with E-state index >= 15 is 0 Å². The van der Waals surface area contributed by atoms with Gasteiger partial charge in [0.25, 0.3) is 5.91 Å². The number of carbonyl (C=O) groups is 2. The van der Waals surface area contributed by atoms with E-state index in [-0.39, 0.29) is 16.8 Å². The van der Waals surface area contributed by atoms with Crippen LogP contribution in [0.3, 0.4) is 0 Å². The van der Waals surface area contributed by atoms with Gasteiger partial charge in [-0.15, -0.1) is 0 Å². The number of hydrogen-bond acceptors (Lipinski definition) is 2. The lowest BCUT2D eigenvalue weighted by Crippen LogP contribution is -2.50. The summed E-state index contributed by atoms with van der Waals surface area (Å²) in [6, 6.07) is 15.0. The van der Waals surface area contributed by atoms with E-state index in [0.29, 0.717) is 43.2 Å². The molecule has 2 amide bonds. The Morgan fingerprint density at radius 3 is 2.19 bits per heavy atom. The van der Waals surface area contributed by atoms with Gasteiger partial charge in [-0.25, -0.2) is 0 Å². The molecule has 0 radical (unpaired) electrons. The molecule has 0 unspecified atom stereocenters. The second kappa shape index (κ2) is 8.56. The first-order valence-corrected chi connectivity index (χ1v) is 9.37. The Labute approximate surface area is 163 Å². The van der Waals surface area contributed by atoms with E-state index in [4.69, 9.17) is 23.2 Å². The van der Waals surface area contributed by atoms with Crippen molar-refractivity contribution in [2.75, 3.05) is 26.2 Å². The Morgan fingerprint density at radius 2 is 1.50 bits per heavy atom. The summed E-state index contributed by atoms with van der Waals surface area (Å²) in [4.78, 5) is 28.6. The predicted octanol–water partition coefficient (Wildman–Crippen LogP) is 3.91. The molecule has 1 aliphatic heterocycles. The standard InChI is InChI=1S/C20H20Cl2N2O2/c21-17-8-4-7-16(19(17)22)20(26)24-13-11-23(12-14-24)18(25)10-9-15-5-2-1-3-6-15/h1-8H,9-14H2. The van der Waals surface area contributed by atoms with Crippen LogP contribution >= 0.6 is 23.2 Å². The van der Waals surface area contributed by atoms with Crippen molar-refractivity contribution in [3.63, 3.8) is 0 Å². The SMILES string of the molecule is O=C(CCc1ccccc1)N1CCN(C(=O)c2cccc(Cl)c2Cl)CC1. The molecule has 2 aromatic carbocycles. The Kier molecular flexibility index (Phi) is 6.17. The fraction of sp³-hybridized carbons (Fsp3) is 0.300. The van der Waals surface area contributed by atoms with Crippen LogP contribution in [-0.4, -0.2) is 47.8 Å². The van der Waals surface area contributed by atoms with Gasteiger partial charge in [0.2, 0.25) is 5.91 Å². The highest BCUT2D eigenvalue weighted by atomic mass is 35.5. The fourth-order valence-electron chi connectivity index (χ4n) is 3.05. The Hall–Kier alpha value is -2.04. The number of rotatable bonds is 4. The molecule has 0 spiro atoms. The first-order valence-electron chi connectivity index (χ1n) is 8.61. The summed E-state index contributed by atoms with van der Waals surface area (Å²) < 4.78 is 0. The maximum absolute atomic E-state index is 12.6. The van der Waals surface area contributed by atoms with Crippen molar-refractivity contribution in [1.82, 2.24) is 9.80 Å². The van der Waals surface area contributed by atoms with Crippen molar-refractivity contribution in [3.8, 4) is 0 Å². The van der Waals surface area contributed by atoms with Crippen LogP contribution in [-0.2, 0) is 11.2 Å². The second-order valence-corrected chi connectivity index (χ2v) is 7.05. The summed E-state index contributed by atoms with van der Waals surface area (Å²) in [7, 11) is 0. The average molecular weight is 391 g/mol. The lowest BCUT2D eigenvalue weighted by atomic mass is 10.1. The molecule has 26 heavy (non-hydrogen) atoms. The van der Waals surface area contributed by atoms with Gasteiger partial charge in [-0.3, -0.25) is 9.59 Å². The summed E-state index contributed by atoms with van der Waals surface area (Å²) in [5.41, 5.74) is 1.56. The van der Waals surface area contributed by atoms with Gasteiger partial charge < -0.3 is 9.80 Å². The lowest BCUT2D eigenvalue weighted by Gasteiger charge is -2.35. The van der Waals surface area contributed by atoms with Gasteiger partial charge in [0.15, 0.2) is 0 Å². The smallest absolute Gasteiger partial charge is 0.255 e. The number of nitrogens with zero attached hydrogens (tertiary/aromatic N) is 2. The first kappa shape index (κ1) is 18.7. The molecule has 1 fully saturated rings. The number of amides is 2. The molecule has 1 heterocycles. The molecule has 0 aromatic heterocycles. The molecule has 136 valence electrons. The fourth-order valence-corrected chi connectivity index (χ4v) is 3.43. The molecule has 0 saturated carbocycles. The molecule has 0 bridgehead atoms. The first-order chi connectivity index (χ1) is 12.6. The summed E-state index contributed by atoms with van der Waals surface area (Å²) >= 11 is 12.1. The number of piperazine rings is 1. The summed E-state index contributed by atoms with van der Waals surface area (Å²) in [5, 5.41) is 0.646. The molecule has 2 aromatic rings. The van der Waals surface area contributed by atoms with Crippen molar-refractivity contribution < 1.29 is 9.59 Å². The van der Waals surface area contributed by atoms with Crippen molar-refractivity contribution >= 4 is 35.0 Å². The Balaban J connectivity index is 1.53. The van der Waals surface area contributed by atoms with Crippen LogP contribution < -0.4 is 0 Å². The van der Waals surface area contributed by atoms with Crippen LogP contribution in [0, 0.1) is 0 Å². The summed E-state index contributed by atoms with van der Waals surface area (Å²) in [6.07, 6.45) is 1.22. The van der Waals surface area contributed by atoms with E-state index in [2.05, 4.69) is 0 Å². The van der Waals surface area contributed by atoms with Crippen LogP contribution in [0.4, 0.5) is 0 Å². The largest absolute Gasteiger partial charge is 0.339 e. The van der Waals surface area contributed by atoms with E-state index in [1.54, 1.807) is 23.1 Å². The normalized spacial score (nSPS) is 14.4. The van der Waals surface area contributed by atoms with Crippen LogP contribution in [0.25, 0.3) is 0 Å². The maximum Gasteiger partial charge on any atom is 0.255 e. The average Bonchev–Trinajstić information content (AvgIpc) is 2.68. The van der Waals surface area contributed by atoms with Gasteiger partial charge in [-0.2, -0.15) is 0 Å². The van der Waals surface area contributed by atoms with Gasteiger partial charge in [0, 0.05) is 32.6 Å². The minimum atomic E-state index is -0.145. The van der Waals surface area contributed by atoms with Crippen LogP contribution in [0.5, 0.6) is 0 Å². The molecule has 0 N–H and O–H groups in total. The summed E-state index contributed by atoms with van der Waals surface area (Å²) in [5.74, 6) is -0.0179. The third kappa shape index (κ3) is 4.37. The van der Waals surface area contributed by atoms with Gasteiger partial charge in [0.1, 0.15) is 0 Å². The quantitative estimate of drug-likeness (QED) is 0.793. The van der Waals surface area contributed by atoms with Gasteiger partial charge in [-0.05, 0) is 24.1 Å². The van der Waals surface area contributed by atoms with Crippen molar-refractivity contribution in [3.05, 3.63) is 69.7 Å². The minimum Gasteiger partial charge on any atom is -0.339 e. The molecule has 3 rings (SSSR count). The highest BCUT2D eigenvalue weighted by Gasteiger charge is 2.26. The Morgan fingerprint density at radius 1 is 0.846 bits per heavy atom. The highest BCUT2D eigenvalue weighted by molar-refractivity contribution is 6.43. The minimum absolute atomic E-state index is 0.127. The number of carbonyl (C=O) groups excluding carboxylic acids is 2. The molecule has 1 aliphatic rings. The van der Waals surface area contributed by atoms with Crippen molar-refractivity contribution in [2.24, 2.45) is 0 Å². The van der Waals surface area contributed by atoms with E-state index in [1.807, 2.05) is 35.2 Å². The zero-order valence-electron chi connectivity index (χ0n) is 14.3. The topological polar surface area (TPSA) is 40.6 Å². The molecule has 0 atom stereocenters. The monoisotopic (exact) mass is 390 g/mol. The zero-order chi connectivity index (χ0) is 18.5. The lowest BCUT2D eigenvalue weighted by molar-refractivity contribution is -0.132. The number of halogens is 2. The molecule has 0 aliphatic carbocycles. The molecule has 4 nitrogen and oxygen atoms in total. The predicted molar refractivity (Wildman–Crippen MR) is 104 cm³/mol. The van der Waals surface area contributed by atoms with Crippen LogP contribution in [0.15, 0.2) is 48.5 Å². The van der Waals surface area contributed by atoms with E-state index in [1.165, 1.54) is 0 Å². The molecular formula is C20H20Cl2N2O2. The van der Waals surface area contributed by atoms with Gasteiger partial charge in [0.05, 0.1) is 15.6 Å². The number of aryl methyl sites for hydroxylation is 1. The maximum atomic E-state index is 12.6. The van der Waals surface area contributed by atoms with E-state index < -0.39 is 0 Å². The number of benzene rings is 2.